The highest BCUT2D eigenvalue weighted by Gasteiger charge is 2.20. The Morgan fingerprint density at radius 3 is 2.52 bits per heavy atom. The zero-order valence-electron chi connectivity index (χ0n) is 17.4. The normalized spacial score (nSPS) is 12.1. The molecule has 4 rings (SSSR count). The van der Waals surface area contributed by atoms with Crippen LogP contribution in [-0.4, -0.2) is 22.1 Å². The van der Waals surface area contributed by atoms with Gasteiger partial charge in [0.1, 0.15) is 18.4 Å². The highest BCUT2D eigenvalue weighted by Crippen LogP contribution is 2.27. The molecule has 0 amide bonds. The highest BCUT2D eigenvalue weighted by atomic mass is 35.5. The second-order valence-corrected chi connectivity index (χ2v) is 8.89. The van der Waals surface area contributed by atoms with Crippen LogP contribution in [0.5, 0.6) is 5.75 Å². The molecule has 5 nitrogen and oxygen atoms in total. The Balaban J connectivity index is 1.47. The second kappa shape index (κ2) is 10.5. The van der Waals surface area contributed by atoms with Crippen molar-refractivity contribution in [3.05, 3.63) is 98.6 Å². The quantitative estimate of drug-likeness (QED) is 0.244. The molecule has 1 unspecified atom stereocenters. The van der Waals surface area contributed by atoms with Crippen molar-refractivity contribution in [3.8, 4) is 5.75 Å². The van der Waals surface area contributed by atoms with Crippen molar-refractivity contribution >= 4 is 51.7 Å². The average Bonchev–Trinajstić information content (AvgIpc) is 3.19. The number of carbonyl (C=O) groups is 1. The van der Waals surface area contributed by atoms with Crippen molar-refractivity contribution in [3.63, 3.8) is 0 Å². The van der Waals surface area contributed by atoms with Crippen LogP contribution in [0.4, 0.5) is 0 Å². The number of fused-ring (bicyclic) bond motifs is 1. The first-order valence-electron chi connectivity index (χ1n) is 10.3. The van der Waals surface area contributed by atoms with Gasteiger partial charge in [-0.3, -0.25) is 10.1 Å². The lowest BCUT2D eigenvalue weighted by molar-refractivity contribution is -0.139. The predicted octanol–water partition coefficient (Wildman–Crippen LogP) is 6.49. The van der Waals surface area contributed by atoms with E-state index in [0.29, 0.717) is 27.2 Å². The molecular formula is C25H21Cl3N2O3. The summed E-state index contributed by atoms with van der Waals surface area (Å²) < 4.78 is 5.98. The van der Waals surface area contributed by atoms with Gasteiger partial charge in [-0.2, -0.15) is 0 Å². The van der Waals surface area contributed by atoms with E-state index in [4.69, 9.17) is 39.5 Å². The van der Waals surface area contributed by atoms with E-state index >= 15 is 0 Å². The summed E-state index contributed by atoms with van der Waals surface area (Å²) in [7, 11) is 0. The SMILES string of the molecule is O=C(O)C(Cc1c[nH]c2ccccc12)NCc1cc(Cl)ccc1OCc1ccc(Cl)cc1Cl. The van der Waals surface area contributed by atoms with Crippen molar-refractivity contribution in [2.24, 2.45) is 0 Å². The Morgan fingerprint density at radius 1 is 0.970 bits per heavy atom. The van der Waals surface area contributed by atoms with E-state index in [2.05, 4.69) is 10.3 Å². The molecule has 0 saturated carbocycles. The molecule has 3 aromatic carbocycles. The highest BCUT2D eigenvalue weighted by molar-refractivity contribution is 6.35. The summed E-state index contributed by atoms with van der Waals surface area (Å²) in [5.41, 5.74) is 3.45. The van der Waals surface area contributed by atoms with Gasteiger partial charge < -0.3 is 14.8 Å². The maximum Gasteiger partial charge on any atom is 0.321 e. The minimum absolute atomic E-state index is 0.238. The van der Waals surface area contributed by atoms with Crippen LogP contribution < -0.4 is 10.1 Å². The van der Waals surface area contributed by atoms with Crippen LogP contribution in [0.2, 0.25) is 15.1 Å². The molecule has 8 heteroatoms. The number of aliphatic carboxylic acids is 1. The average molecular weight is 504 g/mol. The number of carboxylic acids is 1. The number of halogens is 3. The van der Waals surface area contributed by atoms with Crippen molar-refractivity contribution in [2.75, 3.05) is 0 Å². The first-order chi connectivity index (χ1) is 15.9. The molecule has 0 saturated heterocycles. The minimum Gasteiger partial charge on any atom is -0.489 e. The van der Waals surface area contributed by atoms with Gasteiger partial charge in [0, 0.05) is 56.3 Å². The smallest absolute Gasteiger partial charge is 0.321 e. The number of ether oxygens (including phenoxy) is 1. The molecule has 0 aliphatic heterocycles. The molecule has 33 heavy (non-hydrogen) atoms. The third-order valence-electron chi connectivity index (χ3n) is 5.36. The molecule has 0 radical (unpaired) electrons. The molecule has 1 heterocycles. The Labute approximate surface area is 206 Å². The van der Waals surface area contributed by atoms with Crippen LogP contribution in [0.1, 0.15) is 16.7 Å². The molecule has 0 bridgehead atoms. The Kier molecular flexibility index (Phi) is 7.46. The molecule has 1 atom stereocenters. The van der Waals surface area contributed by atoms with Crippen molar-refractivity contribution < 1.29 is 14.6 Å². The number of nitrogens with one attached hydrogen (secondary N) is 2. The number of H-pyrrole nitrogens is 1. The zero-order valence-corrected chi connectivity index (χ0v) is 19.7. The molecule has 1 aromatic heterocycles. The van der Waals surface area contributed by atoms with Crippen molar-refractivity contribution in [1.29, 1.82) is 0 Å². The maximum absolute atomic E-state index is 12.0. The molecule has 170 valence electrons. The van der Waals surface area contributed by atoms with Crippen LogP contribution in [-0.2, 0) is 24.4 Å². The molecular weight excluding hydrogens is 483 g/mol. The van der Waals surface area contributed by atoms with Crippen LogP contribution in [0, 0.1) is 0 Å². The summed E-state index contributed by atoms with van der Waals surface area (Å²) in [6.07, 6.45) is 2.18. The first kappa shape index (κ1) is 23.5. The lowest BCUT2D eigenvalue weighted by atomic mass is 10.0. The number of para-hydroxylation sites is 1. The number of hydrogen-bond donors (Lipinski definition) is 3. The van der Waals surface area contributed by atoms with E-state index in [0.717, 1.165) is 27.6 Å². The molecule has 0 spiro atoms. The molecule has 4 aromatic rings. The summed E-state index contributed by atoms with van der Waals surface area (Å²) in [5.74, 6) is -0.341. The number of aromatic amines is 1. The number of hydrogen-bond acceptors (Lipinski definition) is 3. The minimum atomic E-state index is -0.933. The van der Waals surface area contributed by atoms with Crippen LogP contribution in [0.15, 0.2) is 66.9 Å². The number of carboxylic acid groups (broad SMARTS) is 1. The Bertz CT molecular complexity index is 1290. The topological polar surface area (TPSA) is 74.3 Å². The maximum atomic E-state index is 12.0. The van der Waals surface area contributed by atoms with Gasteiger partial charge in [0.25, 0.3) is 0 Å². The third kappa shape index (κ3) is 5.81. The molecule has 0 fully saturated rings. The van der Waals surface area contributed by atoms with E-state index in [1.54, 1.807) is 36.4 Å². The van der Waals surface area contributed by atoms with Gasteiger partial charge in [-0.1, -0.05) is 59.1 Å². The van der Waals surface area contributed by atoms with E-state index in [1.807, 2.05) is 30.5 Å². The van der Waals surface area contributed by atoms with Crippen LogP contribution in [0.3, 0.4) is 0 Å². The Morgan fingerprint density at radius 2 is 1.73 bits per heavy atom. The fraction of sp³-hybridized carbons (Fsp3) is 0.160. The van der Waals surface area contributed by atoms with E-state index in [1.165, 1.54) is 0 Å². The second-order valence-electron chi connectivity index (χ2n) is 7.61. The summed E-state index contributed by atoms with van der Waals surface area (Å²) in [6, 6.07) is 17.5. The summed E-state index contributed by atoms with van der Waals surface area (Å²) in [5, 5.41) is 15.5. The lowest BCUT2D eigenvalue weighted by Gasteiger charge is -2.17. The summed E-state index contributed by atoms with van der Waals surface area (Å²) in [6.45, 7) is 0.506. The van der Waals surface area contributed by atoms with Gasteiger partial charge in [-0.15, -0.1) is 0 Å². The lowest BCUT2D eigenvalue weighted by Crippen LogP contribution is -2.38. The summed E-state index contributed by atoms with van der Waals surface area (Å²) >= 11 is 18.4. The van der Waals surface area contributed by atoms with Gasteiger partial charge >= 0.3 is 5.97 Å². The molecule has 0 aliphatic carbocycles. The number of rotatable bonds is 9. The van der Waals surface area contributed by atoms with Crippen molar-refractivity contribution in [1.82, 2.24) is 10.3 Å². The van der Waals surface area contributed by atoms with E-state index in [9.17, 15) is 9.90 Å². The van der Waals surface area contributed by atoms with Crippen molar-refractivity contribution in [2.45, 2.75) is 25.6 Å². The number of benzene rings is 3. The van der Waals surface area contributed by atoms with Crippen LogP contribution >= 0.6 is 34.8 Å². The fourth-order valence-electron chi connectivity index (χ4n) is 3.62. The number of aromatic nitrogens is 1. The van der Waals surface area contributed by atoms with Crippen LogP contribution in [0.25, 0.3) is 10.9 Å². The van der Waals surface area contributed by atoms with Gasteiger partial charge in [-0.25, -0.2) is 0 Å². The third-order valence-corrected chi connectivity index (χ3v) is 6.18. The van der Waals surface area contributed by atoms with Gasteiger partial charge in [0.15, 0.2) is 0 Å². The standard InChI is InChI=1S/C25H21Cl3N2O3/c26-18-7-8-24(33-14-15-5-6-19(27)11-21(15)28)17(9-18)13-30-23(25(31)32)10-16-12-29-22-4-2-1-3-20(16)22/h1-9,11-12,23,29-30H,10,13-14H2,(H,31,32). The van der Waals surface area contributed by atoms with Gasteiger partial charge in [0.05, 0.1) is 0 Å². The van der Waals surface area contributed by atoms with E-state index < -0.39 is 12.0 Å². The first-order valence-corrected chi connectivity index (χ1v) is 11.4. The predicted molar refractivity (Wildman–Crippen MR) is 133 cm³/mol. The van der Waals surface area contributed by atoms with Gasteiger partial charge in [-0.05, 0) is 42.0 Å². The largest absolute Gasteiger partial charge is 0.489 e. The fourth-order valence-corrected chi connectivity index (χ4v) is 4.28. The monoisotopic (exact) mass is 502 g/mol. The molecule has 0 aliphatic rings. The van der Waals surface area contributed by atoms with E-state index in [-0.39, 0.29) is 13.2 Å². The molecule has 3 N–H and O–H groups in total. The zero-order chi connectivity index (χ0) is 23.4. The summed E-state index contributed by atoms with van der Waals surface area (Å²) in [4.78, 5) is 15.1. The van der Waals surface area contributed by atoms with Gasteiger partial charge in [0.2, 0.25) is 0 Å². The Hall–Kier alpha value is -2.70.